The summed E-state index contributed by atoms with van der Waals surface area (Å²) < 4.78 is 40.3. The van der Waals surface area contributed by atoms with E-state index in [2.05, 4.69) is 73.7 Å². The predicted octanol–water partition coefficient (Wildman–Crippen LogP) is 9.15. The minimum atomic E-state index is -2.40. The lowest BCUT2D eigenvalue weighted by atomic mass is 9.70. The van der Waals surface area contributed by atoms with E-state index in [0.717, 1.165) is 43.2 Å². The summed E-state index contributed by atoms with van der Waals surface area (Å²) in [4.78, 5) is 14.8. The molecule has 5 aliphatic rings. The Morgan fingerprint density at radius 1 is 1.06 bits per heavy atom. The normalized spacial score (nSPS) is 39.1. The maximum Gasteiger partial charge on any atom is 0.316 e. The highest BCUT2D eigenvalue weighted by molar-refractivity contribution is 6.74. The van der Waals surface area contributed by atoms with E-state index in [1.807, 2.05) is 48.6 Å². The number of rotatable bonds is 7. The van der Waals surface area contributed by atoms with Gasteiger partial charge >= 0.3 is 5.97 Å². The van der Waals surface area contributed by atoms with Gasteiger partial charge in [0.1, 0.15) is 23.7 Å². The third-order valence-electron chi connectivity index (χ3n) is 12.9. The molecule has 4 aliphatic heterocycles. The van der Waals surface area contributed by atoms with Crippen LogP contribution in [0, 0.1) is 17.8 Å². The van der Waals surface area contributed by atoms with Crippen LogP contribution in [-0.2, 0) is 39.5 Å². The van der Waals surface area contributed by atoms with Crippen LogP contribution in [0.15, 0.2) is 77.4 Å². The van der Waals surface area contributed by atoms with Crippen LogP contribution in [0.4, 0.5) is 0 Å². The largest absolute Gasteiger partial charge is 0.462 e. The number of carbonyl (C=O) groups excluding carboxylic acids is 1. The van der Waals surface area contributed by atoms with Gasteiger partial charge in [-0.3, -0.25) is 4.79 Å². The lowest BCUT2D eigenvalue weighted by Gasteiger charge is -2.50. The monoisotopic (exact) mass is 762 g/mol. The highest BCUT2D eigenvalue weighted by atomic mass is 28.4. The molecule has 0 unspecified atom stereocenters. The molecule has 1 spiro atoms. The van der Waals surface area contributed by atoms with Gasteiger partial charge in [-0.1, -0.05) is 108 Å². The van der Waals surface area contributed by atoms with E-state index in [1.54, 1.807) is 0 Å². The third kappa shape index (κ3) is 8.93. The third-order valence-corrected chi connectivity index (χ3v) is 17.4. The van der Waals surface area contributed by atoms with E-state index in [4.69, 9.17) is 28.1 Å². The van der Waals surface area contributed by atoms with Crippen molar-refractivity contribution in [2.45, 2.75) is 160 Å². The van der Waals surface area contributed by atoms with Crippen LogP contribution in [0.1, 0.15) is 99.0 Å². The van der Waals surface area contributed by atoms with E-state index in [0.29, 0.717) is 30.9 Å². The van der Waals surface area contributed by atoms with Crippen molar-refractivity contribution in [3.63, 3.8) is 0 Å². The summed E-state index contributed by atoms with van der Waals surface area (Å²) in [6, 6.07) is 10.0. The summed E-state index contributed by atoms with van der Waals surface area (Å²) in [5.74, 6) is -1.61. The smallest absolute Gasteiger partial charge is 0.316 e. The van der Waals surface area contributed by atoms with Gasteiger partial charge in [0.2, 0.25) is 0 Å². The van der Waals surface area contributed by atoms with Crippen molar-refractivity contribution in [1.29, 1.82) is 0 Å². The summed E-state index contributed by atoms with van der Waals surface area (Å²) in [6.07, 6.45) is 13.6. The molecule has 1 aromatic carbocycles. The fourth-order valence-corrected chi connectivity index (χ4v) is 10.0. The van der Waals surface area contributed by atoms with E-state index in [9.17, 15) is 9.90 Å². The van der Waals surface area contributed by atoms with E-state index >= 15 is 0 Å². The molecule has 0 saturated carbocycles. The standard InChI is InChI=1S/C45H66O8Si/c1-10-39-32(4)21-22-44(52-39)26-37-25-36(51-44)20-19-31(3)23-30(2)15-14-18-35-29-49-41-40(53-54(8,9)43(5,6)7)34(24-38(42(46)50-37)45(35,41)47)28-48-27-33-16-12-11-13-17-33/h11-19,24,30,32,36-41,47H,10,20-23,25-29H2,1-9H3/b15-14+,31-19+,35-18+/t30-,32-,36+,37-,38-,39+,40+,41+,44+,45+/m0/s1. The average Bonchev–Trinajstić information content (AvgIpc) is 3.45. The highest BCUT2D eigenvalue weighted by Crippen LogP contribution is 2.50. The van der Waals surface area contributed by atoms with Gasteiger partial charge in [-0.2, -0.15) is 0 Å². The zero-order chi connectivity index (χ0) is 38.9. The van der Waals surface area contributed by atoms with Crippen LogP contribution in [0.3, 0.4) is 0 Å². The maximum absolute atomic E-state index is 14.8. The molecule has 6 rings (SSSR count). The second-order valence-electron chi connectivity index (χ2n) is 18.3. The van der Waals surface area contributed by atoms with Gasteiger partial charge in [-0.15, -0.1) is 0 Å². The average molecular weight is 763 g/mol. The number of allylic oxidation sites excluding steroid dienone is 4. The molecule has 1 aliphatic carbocycles. The molecule has 4 heterocycles. The summed E-state index contributed by atoms with van der Waals surface area (Å²) in [7, 11) is -2.40. The molecule has 0 aromatic heterocycles. The minimum absolute atomic E-state index is 0.0824. The number of carbonyl (C=O) groups is 1. The Morgan fingerprint density at radius 2 is 1.81 bits per heavy atom. The number of hydrogen-bond donors (Lipinski definition) is 1. The maximum atomic E-state index is 14.8. The van der Waals surface area contributed by atoms with Gasteiger partial charge in [-0.05, 0) is 79.3 Å². The Kier molecular flexibility index (Phi) is 12.7. The molecule has 3 fully saturated rings. The Labute approximate surface area is 325 Å². The molecule has 298 valence electrons. The number of aliphatic hydroxyl groups is 1. The number of esters is 1. The van der Waals surface area contributed by atoms with E-state index < -0.39 is 49.9 Å². The molecule has 2 bridgehead atoms. The number of hydrogen-bond acceptors (Lipinski definition) is 8. The predicted molar refractivity (Wildman–Crippen MR) is 214 cm³/mol. The molecule has 0 radical (unpaired) electrons. The van der Waals surface area contributed by atoms with Crippen molar-refractivity contribution in [3.05, 3.63) is 83.0 Å². The molecule has 1 aromatic rings. The van der Waals surface area contributed by atoms with Crippen LogP contribution in [0.2, 0.25) is 18.1 Å². The second kappa shape index (κ2) is 16.6. The molecule has 8 nitrogen and oxygen atoms in total. The van der Waals surface area contributed by atoms with Crippen LogP contribution in [0.25, 0.3) is 0 Å². The first-order valence-corrected chi connectivity index (χ1v) is 23.4. The van der Waals surface area contributed by atoms with Gasteiger partial charge in [0.05, 0.1) is 38.1 Å². The Balaban J connectivity index is 1.40. The van der Waals surface area contributed by atoms with Crippen molar-refractivity contribution in [2.24, 2.45) is 17.8 Å². The van der Waals surface area contributed by atoms with Gasteiger partial charge in [0.15, 0.2) is 14.1 Å². The summed E-state index contributed by atoms with van der Waals surface area (Å²) >= 11 is 0. The topological polar surface area (TPSA) is 92.7 Å². The van der Waals surface area contributed by atoms with Crippen LogP contribution >= 0.6 is 0 Å². The van der Waals surface area contributed by atoms with Gasteiger partial charge in [0, 0.05) is 19.3 Å². The zero-order valence-electron chi connectivity index (χ0n) is 34.3. The molecular formula is C45H66O8Si. The van der Waals surface area contributed by atoms with E-state index in [1.165, 1.54) is 5.57 Å². The van der Waals surface area contributed by atoms with Crippen molar-refractivity contribution in [3.8, 4) is 0 Å². The molecule has 9 heteroatoms. The lowest BCUT2D eigenvalue weighted by molar-refractivity contribution is -0.335. The first-order valence-electron chi connectivity index (χ1n) is 20.5. The van der Waals surface area contributed by atoms with Crippen LogP contribution in [-0.4, -0.2) is 74.5 Å². The van der Waals surface area contributed by atoms with Crippen LogP contribution < -0.4 is 0 Å². The van der Waals surface area contributed by atoms with Crippen molar-refractivity contribution < 1.29 is 38.0 Å². The zero-order valence-corrected chi connectivity index (χ0v) is 35.3. The Morgan fingerprint density at radius 3 is 2.54 bits per heavy atom. The molecule has 1 N–H and O–H groups in total. The minimum Gasteiger partial charge on any atom is -0.462 e. The van der Waals surface area contributed by atoms with Crippen molar-refractivity contribution in [2.75, 3.05) is 13.2 Å². The lowest BCUT2D eigenvalue weighted by Crippen LogP contribution is -2.61. The quantitative estimate of drug-likeness (QED) is 0.167. The molecule has 3 saturated heterocycles. The highest BCUT2D eigenvalue weighted by Gasteiger charge is 2.62. The van der Waals surface area contributed by atoms with Crippen LogP contribution in [0.5, 0.6) is 0 Å². The fourth-order valence-electron chi connectivity index (χ4n) is 8.74. The van der Waals surface area contributed by atoms with E-state index in [-0.39, 0.29) is 36.4 Å². The molecule has 54 heavy (non-hydrogen) atoms. The summed E-state index contributed by atoms with van der Waals surface area (Å²) in [5.41, 5.74) is 2.11. The molecule has 0 amide bonds. The SMILES string of the molecule is CC[C@H]1O[C@]2(CC[C@@H]1C)C[C@@H]1C[C@@H](C/C=C(\C)C[C@@H](C)/C=C/C=C3\CO[C@@H]4[C@H](O[Si](C)(C)C(C)(C)C)C(COCc5ccccc5)=C[C@@H](C(=O)O1)[C@]34O)O2. The first kappa shape index (κ1) is 41.3. The molecule has 10 atom stereocenters. The number of fused-ring (bicyclic) bond motifs is 2. The Bertz CT molecular complexity index is 1590. The Hall–Kier alpha value is -2.37. The van der Waals surface area contributed by atoms with Gasteiger partial charge < -0.3 is 33.2 Å². The second-order valence-corrected chi connectivity index (χ2v) is 23.1. The van der Waals surface area contributed by atoms with Gasteiger partial charge in [0.25, 0.3) is 0 Å². The number of benzene rings is 1. The molecular weight excluding hydrogens is 697 g/mol. The number of ether oxygens (including phenoxy) is 5. The van der Waals surface area contributed by atoms with Crippen molar-refractivity contribution >= 4 is 14.3 Å². The van der Waals surface area contributed by atoms with Crippen molar-refractivity contribution in [1.82, 2.24) is 0 Å². The van der Waals surface area contributed by atoms with Gasteiger partial charge in [-0.25, -0.2) is 0 Å². The summed E-state index contributed by atoms with van der Waals surface area (Å²) in [5, 5.41) is 13.0. The first-order chi connectivity index (χ1) is 25.5. The summed E-state index contributed by atoms with van der Waals surface area (Å²) in [6.45, 7) is 20.6. The fraction of sp³-hybridized carbons (Fsp3) is 0.667.